The van der Waals surface area contributed by atoms with Crippen molar-refractivity contribution >= 4 is 29.7 Å². The molecule has 0 unspecified atom stereocenters. The number of aromatic nitrogens is 3. The number of nitrogens with one attached hydrogen (secondary N) is 1. The molecule has 1 aliphatic heterocycles. The molecule has 3 N–H and O–H groups in total. The molecular formula is C20H22ClN5O. The van der Waals surface area contributed by atoms with Crippen molar-refractivity contribution in [1.82, 2.24) is 14.8 Å². The third-order valence-electron chi connectivity index (χ3n) is 4.69. The minimum absolute atomic E-state index is 0. The van der Waals surface area contributed by atoms with E-state index in [-0.39, 0.29) is 18.3 Å². The summed E-state index contributed by atoms with van der Waals surface area (Å²) in [5.74, 6) is 1.68. The summed E-state index contributed by atoms with van der Waals surface area (Å²) in [5.41, 5.74) is 8.48. The summed E-state index contributed by atoms with van der Waals surface area (Å²) < 4.78 is 2.20. The molecule has 140 valence electrons. The minimum Gasteiger partial charge on any atom is -0.398 e. The van der Waals surface area contributed by atoms with Gasteiger partial charge >= 0.3 is 0 Å². The van der Waals surface area contributed by atoms with Crippen LogP contribution in [-0.4, -0.2) is 20.7 Å². The van der Waals surface area contributed by atoms with Crippen LogP contribution in [0.25, 0.3) is 11.4 Å². The number of amides is 1. The van der Waals surface area contributed by atoms with Crippen molar-refractivity contribution in [2.24, 2.45) is 0 Å². The Morgan fingerprint density at radius 1 is 1.04 bits per heavy atom. The van der Waals surface area contributed by atoms with E-state index in [0.717, 1.165) is 43.0 Å². The summed E-state index contributed by atoms with van der Waals surface area (Å²) in [7, 11) is 0. The number of para-hydroxylation sites is 1. The van der Waals surface area contributed by atoms with Gasteiger partial charge in [-0.2, -0.15) is 0 Å². The van der Waals surface area contributed by atoms with Crippen LogP contribution in [0.1, 0.15) is 35.4 Å². The van der Waals surface area contributed by atoms with Gasteiger partial charge in [0.1, 0.15) is 5.82 Å². The Bertz CT molecular complexity index is 953. The fourth-order valence-corrected chi connectivity index (χ4v) is 3.34. The van der Waals surface area contributed by atoms with Gasteiger partial charge in [-0.3, -0.25) is 4.79 Å². The fraction of sp³-hybridized carbons (Fsp3) is 0.250. The molecule has 6 nitrogen and oxygen atoms in total. The Hall–Kier alpha value is -2.86. The normalized spacial score (nSPS) is 13.2. The molecule has 0 saturated heterocycles. The lowest BCUT2D eigenvalue weighted by atomic mass is 10.1. The number of hydrogen-bond acceptors (Lipinski definition) is 4. The van der Waals surface area contributed by atoms with Gasteiger partial charge < -0.3 is 15.6 Å². The molecule has 7 heteroatoms. The van der Waals surface area contributed by atoms with Gasteiger partial charge in [0, 0.05) is 29.9 Å². The first-order valence-electron chi connectivity index (χ1n) is 8.91. The monoisotopic (exact) mass is 383 g/mol. The van der Waals surface area contributed by atoms with Crippen LogP contribution in [0.4, 0.5) is 11.4 Å². The van der Waals surface area contributed by atoms with E-state index in [4.69, 9.17) is 5.73 Å². The number of carbonyl (C=O) groups excluding carboxylic acids is 1. The molecule has 0 aliphatic carbocycles. The van der Waals surface area contributed by atoms with Crippen LogP contribution in [0.15, 0.2) is 48.5 Å². The van der Waals surface area contributed by atoms with Crippen molar-refractivity contribution in [3.63, 3.8) is 0 Å². The largest absolute Gasteiger partial charge is 0.398 e. The first kappa shape index (κ1) is 18.9. The van der Waals surface area contributed by atoms with Crippen molar-refractivity contribution < 1.29 is 4.79 Å². The van der Waals surface area contributed by atoms with E-state index < -0.39 is 0 Å². The van der Waals surface area contributed by atoms with E-state index in [2.05, 4.69) is 20.1 Å². The van der Waals surface area contributed by atoms with Crippen LogP contribution < -0.4 is 11.1 Å². The molecule has 1 aliphatic rings. The maximum Gasteiger partial charge on any atom is 0.257 e. The number of nitrogens with two attached hydrogens (primary N) is 1. The Morgan fingerprint density at radius 2 is 1.89 bits per heavy atom. The Labute approximate surface area is 164 Å². The number of nitrogens with zero attached hydrogens (tertiary/aromatic N) is 3. The predicted octanol–water partition coefficient (Wildman–Crippen LogP) is 3.93. The second-order valence-corrected chi connectivity index (χ2v) is 6.52. The van der Waals surface area contributed by atoms with Crippen molar-refractivity contribution in [2.75, 3.05) is 11.1 Å². The van der Waals surface area contributed by atoms with Gasteiger partial charge in [-0.15, -0.1) is 22.6 Å². The molecule has 0 atom stereocenters. The average molecular weight is 384 g/mol. The molecule has 4 rings (SSSR count). The van der Waals surface area contributed by atoms with Gasteiger partial charge in [-0.25, -0.2) is 0 Å². The molecule has 2 heterocycles. The van der Waals surface area contributed by atoms with E-state index in [1.807, 2.05) is 30.3 Å². The van der Waals surface area contributed by atoms with Crippen LogP contribution in [0.5, 0.6) is 0 Å². The van der Waals surface area contributed by atoms with E-state index >= 15 is 0 Å². The van der Waals surface area contributed by atoms with Gasteiger partial charge in [-0.05, 0) is 37.1 Å². The highest BCUT2D eigenvalue weighted by Gasteiger charge is 2.16. The first-order valence-corrected chi connectivity index (χ1v) is 8.91. The van der Waals surface area contributed by atoms with Gasteiger partial charge in [-0.1, -0.05) is 30.7 Å². The summed E-state index contributed by atoms with van der Waals surface area (Å²) in [6.45, 7) is 0.939. The lowest BCUT2D eigenvalue weighted by Crippen LogP contribution is -2.14. The van der Waals surface area contributed by atoms with Crippen LogP contribution in [0.3, 0.4) is 0 Å². The summed E-state index contributed by atoms with van der Waals surface area (Å²) >= 11 is 0. The van der Waals surface area contributed by atoms with Crippen molar-refractivity contribution in [2.45, 2.75) is 32.2 Å². The summed E-state index contributed by atoms with van der Waals surface area (Å²) in [4.78, 5) is 12.5. The van der Waals surface area contributed by atoms with E-state index in [0.29, 0.717) is 16.9 Å². The Morgan fingerprint density at radius 3 is 2.74 bits per heavy atom. The van der Waals surface area contributed by atoms with Crippen molar-refractivity contribution in [3.05, 3.63) is 59.9 Å². The fourth-order valence-electron chi connectivity index (χ4n) is 3.34. The molecule has 0 spiro atoms. The van der Waals surface area contributed by atoms with Crippen LogP contribution in [0.2, 0.25) is 0 Å². The maximum atomic E-state index is 12.5. The second kappa shape index (κ2) is 8.22. The number of nitrogen functional groups attached to an aromatic ring is 1. The molecule has 27 heavy (non-hydrogen) atoms. The minimum atomic E-state index is -0.222. The van der Waals surface area contributed by atoms with Crippen LogP contribution in [0, 0.1) is 0 Å². The zero-order chi connectivity index (χ0) is 17.9. The third kappa shape index (κ3) is 3.95. The van der Waals surface area contributed by atoms with Crippen molar-refractivity contribution in [3.8, 4) is 11.4 Å². The van der Waals surface area contributed by atoms with E-state index in [1.54, 1.807) is 18.2 Å². The molecule has 0 saturated carbocycles. The highest BCUT2D eigenvalue weighted by molar-refractivity contribution is 6.07. The molecule has 0 radical (unpaired) electrons. The van der Waals surface area contributed by atoms with Crippen LogP contribution >= 0.6 is 12.4 Å². The zero-order valence-corrected chi connectivity index (χ0v) is 15.7. The van der Waals surface area contributed by atoms with Crippen molar-refractivity contribution in [1.29, 1.82) is 0 Å². The number of fused-ring (bicyclic) bond motifs is 1. The number of carbonyl (C=O) groups is 1. The van der Waals surface area contributed by atoms with Gasteiger partial charge in [0.15, 0.2) is 5.82 Å². The smallest absolute Gasteiger partial charge is 0.257 e. The molecule has 1 aromatic heterocycles. The first-order chi connectivity index (χ1) is 12.7. The lowest BCUT2D eigenvalue weighted by molar-refractivity contribution is 0.102. The zero-order valence-electron chi connectivity index (χ0n) is 14.9. The quantitative estimate of drug-likeness (QED) is 0.671. The topological polar surface area (TPSA) is 85.8 Å². The molecule has 1 amide bonds. The molecule has 0 bridgehead atoms. The number of hydrogen-bond donors (Lipinski definition) is 2. The molecule has 0 fully saturated rings. The standard InChI is InChI=1S/C20H21N5O.ClH/c21-17-10-4-3-9-16(17)20(26)22-15-8-6-7-14(13-15)19-24-23-18-11-2-1-5-12-25(18)19;/h3-4,6-10,13H,1-2,5,11-12,21H2,(H,22,26);1H. The summed E-state index contributed by atoms with van der Waals surface area (Å²) in [6.07, 6.45) is 4.49. The summed E-state index contributed by atoms with van der Waals surface area (Å²) in [5, 5.41) is 11.7. The molecular weight excluding hydrogens is 362 g/mol. The maximum absolute atomic E-state index is 12.5. The average Bonchev–Trinajstić information content (AvgIpc) is 2.91. The predicted molar refractivity (Wildman–Crippen MR) is 109 cm³/mol. The highest BCUT2D eigenvalue weighted by Crippen LogP contribution is 2.25. The third-order valence-corrected chi connectivity index (χ3v) is 4.69. The SMILES string of the molecule is Cl.Nc1ccccc1C(=O)Nc1cccc(-c2nnc3n2CCCCC3)c1. The Kier molecular flexibility index (Phi) is 5.76. The number of halogens is 1. The lowest BCUT2D eigenvalue weighted by Gasteiger charge is -2.10. The number of benzene rings is 2. The second-order valence-electron chi connectivity index (χ2n) is 6.52. The number of aryl methyl sites for hydroxylation is 1. The van der Waals surface area contributed by atoms with E-state index in [1.165, 1.54) is 6.42 Å². The van der Waals surface area contributed by atoms with E-state index in [9.17, 15) is 4.79 Å². The van der Waals surface area contributed by atoms with Gasteiger partial charge in [0.2, 0.25) is 0 Å². The van der Waals surface area contributed by atoms with Gasteiger partial charge in [0.25, 0.3) is 5.91 Å². The number of rotatable bonds is 3. The molecule has 3 aromatic rings. The molecule has 2 aromatic carbocycles. The van der Waals surface area contributed by atoms with Crippen LogP contribution in [-0.2, 0) is 13.0 Å². The number of anilines is 2. The summed E-state index contributed by atoms with van der Waals surface area (Å²) in [6, 6.07) is 14.7. The highest BCUT2D eigenvalue weighted by atomic mass is 35.5. The Balaban J connectivity index is 0.00000210. The van der Waals surface area contributed by atoms with Gasteiger partial charge in [0.05, 0.1) is 5.56 Å².